The number of oxazole rings is 1. The molecule has 0 saturated carbocycles. The van der Waals surface area contributed by atoms with Crippen LogP contribution in [-0.4, -0.2) is 17.6 Å². The third-order valence-corrected chi connectivity index (χ3v) is 2.21. The van der Waals surface area contributed by atoms with E-state index < -0.39 is 5.97 Å². The van der Waals surface area contributed by atoms with E-state index >= 15 is 0 Å². The molecule has 5 nitrogen and oxygen atoms in total. The first kappa shape index (κ1) is 11.9. The molecule has 18 heavy (non-hydrogen) atoms. The van der Waals surface area contributed by atoms with Gasteiger partial charge in [-0.3, -0.25) is 0 Å². The standard InChI is InChI=1S/C13H10N2O3/c1-2-17-13(16)11-10(8-14)15-12(18-11)9-6-4-3-5-7-9/h3-7H,2H2,1H3. The zero-order valence-electron chi connectivity index (χ0n) is 9.71. The second-order valence-corrected chi connectivity index (χ2v) is 3.40. The number of nitrogens with zero attached hydrogens (tertiary/aromatic N) is 2. The highest BCUT2D eigenvalue weighted by atomic mass is 16.5. The summed E-state index contributed by atoms with van der Waals surface area (Å²) in [7, 11) is 0. The molecule has 1 heterocycles. The molecule has 2 rings (SSSR count). The Morgan fingerprint density at radius 2 is 2.17 bits per heavy atom. The highest BCUT2D eigenvalue weighted by Gasteiger charge is 2.21. The maximum atomic E-state index is 11.6. The van der Waals surface area contributed by atoms with Gasteiger partial charge in [0.05, 0.1) is 6.61 Å². The van der Waals surface area contributed by atoms with Crippen molar-refractivity contribution in [3.05, 3.63) is 41.8 Å². The van der Waals surface area contributed by atoms with Crippen molar-refractivity contribution in [2.75, 3.05) is 6.61 Å². The van der Waals surface area contributed by atoms with Crippen LogP contribution in [0.2, 0.25) is 0 Å². The van der Waals surface area contributed by atoms with Gasteiger partial charge in [-0.05, 0) is 19.1 Å². The average Bonchev–Trinajstić information content (AvgIpc) is 2.84. The molecule has 0 aliphatic heterocycles. The van der Waals surface area contributed by atoms with Crippen molar-refractivity contribution >= 4 is 5.97 Å². The van der Waals surface area contributed by atoms with E-state index in [1.807, 2.05) is 24.3 Å². The normalized spacial score (nSPS) is 9.78. The summed E-state index contributed by atoms with van der Waals surface area (Å²) in [5.74, 6) is -0.600. The molecule has 0 aliphatic carbocycles. The van der Waals surface area contributed by atoms with Gasteiger partial charge in [0.2, 0.25) is 5.89 Å². The van der Waals surface area contributed by atoms with Gasteiger partial charge >= 0.3 is 5.97 Å². The molecule has 1 aromatic carbocycles. The van der Waals surface area contributed by atoms with Gasteiger partial charge in [0.1, 0.15) is 6.07 Å². The summed E-state index contributed by atoms with van der Waals surface area (Å²) in [5.41, 5.74) is 0.636. The van der Waals surface area contributed by atoms with Crippen molar-refractivity contribution < 1.29 is 13.9 Å². The molecule has 0 fully saturated rings. The van der Waals surface area contributed by atoms with Crippen LogP contribution in [-0.2, 0) is 4.74 Å². The fourth-order valence-electron chi connectivity index (χ4n) is 1.44. The Morgan fingerprint density at radius 3 is 2.78 bits per heavy atom. The lowest BCUT2D eigenvalue weighted by atomic mass is 10.2. The van der Waals surface area contributed by atoms with Gasteiger partial charge in [0.25, 0.3) is 5.76 Å². The van der Waals surface area contributed by atoms with Crippen LogP contribution >= 0.6 is 0 Å². The lowest BCUT2D eigenvalue weighted by molar-refractivity contribution is 0.0490. The van der Waals surface area contributed by atoms with Crippen molar-refractivity contribution in [3.63, 3.8) is 0 Å². The van der Waals surface area contributed by atoms with Crippen LogP contribution in [0.25, 0.3) is 11.5 Å². The zero-order valence-corrected chi connectivity index (χ0v) is 9.71. The van der Waals surface area contributed by atoms with Crippen LogP contribution in [0.15, 0.2) is 34.7 Å². The molecule has 0 radical (unpaired) electrons. The zero-order chi connectivity index (χ0) is 13.0. The van der Waals surface area contributed by atoms with Gasteiger partial charge in [0.15, 0.2) is 5.69 Å². The van der Waals surface area contributed by atoms with Crippen LogP contribution in [0.4, 0.5) is 0 Å². The molecule has 0 atom stereocenters. The minimum atomic E-state index is -0.677. The Hall–Kier alpha value is -2.61. The van der Waals surface area contributed by atoms with Crippen molar-refractivity contribution in [1.82, 2.24) is 4.98 Å². The topological polar surface area (TPSA) is 76.1 Å². The third kappa shape index (κ3) is 2.23. The molecule has 0 aliphatic rings. The monoisotopic (exact) mass is 242 g/mol. The van der Waals surface area contributed by atoms with Crippen LogP contribution in [0, 0.1) is 11.3 Å². The number of esters is 1. The van der Waals surface area contributed by atoms with Crippen LogP contribution in [0.3, 0.4) is 0 Å². The first-order valence-corrected chi connectivity index (χ1v) is 5.39. The van der Waals surface area contributed by atoms with Gasteiger partial charge in [0, 0.05) is 5.56 Å². The minimum Gasteiger partial charge on any atom is -0.460 e. The molecule has 0 N–H and O–H groups in total. The molecule has 0 amide bonds. The number of aromatic nitrogens is 1. The van der Waals surface area contributed by atoms with Gasteiger partial charge in [-0.25, -0.2) is 4.79 Å². The maximum Gasteiger partial charge on any atom is 0.377 e. The number of ether oxygens (including phenoxy) is 1. The third-order valence-electron chi connectivity index (χ3n) is 2.21. The Balaban J connectivity index is 2.42. The highest BCUT2D eigenvalue weighted by Crippen LogP contribution is 2.22. The second kappa shape index (κ2) is 5.15. The fourth-order valence-corrected chi connectivity index (χ4v) is 1.44. The van der Waals surface area contributed by atoms with E-state index in [1.165, 1.54) is 0 Å². The summed E-state index contributed by atoms with van der Waals surface area (Å²) in [4.78, 5) is 15.5. The SMILES string of the molecule is CCOC(=O)c1oc(-c2ccccc2)nc1C#N. The number of benzene rings is 1. The van der Waals surface area contributed by atoms with Crippen molar-refractivity contribution in [2.24, 2.45) is 0 Å². The van der Waals surface area contributed by atoms with Gasteiger partial charge in [-0.15, -0.1) is 0 Å². The van der Waals surface area contributed by atoms with Crippen molar-refractivity contribution in [1.29, 1.82) is 5.26 Å². The molecular formula is C13H10N2O3. The van der Waals surface area contributed by atoms with E-state index in [2.05, 4.69) is 4.98 Å². The summed E-state index contributed by atoms with van der Waals surface area (Å²) in [5, 5.41) is 8.92. The number of rotatable bonds is 3. The number of hydrogen-bond donors (Lipinski definition) is 0. The Morgan fingerprint density at radius 1 is 1.44 bits per heavy atom. The lowest BCUT2D eigenvalue weighted by Crippen LogP contribution is -2.05. The first-order valence-electron chi connectivity index (χ1n) is 5.39. The van der Waals surface area contributed by atoms with Gasteiger partial charge < -0.3 is 9.15 Å². The molecule has 1 aromatic heterocycles. The maximum absolute atomic E-state index is 11.6. The average molecular weight is 242 g/mol. The lowest BCUT2D eigenvalue weighted by Gasteiger charge is -1.96. The van der Waals surface area contributed by atoms with E-state index in [1.54, 1.807) is 19.1 Å². The molecule has 0 spiro atoms. The molecule has 0 unspecified atom stereocenters. The Kier molecular flexibility index (Phi) is 3.39. The fraction of sp³-hybridized carbons (Fsp3) is 0.154. The number of nitriles is 1. The predicted molar refractivity (Wildman–Crippen MR) is 62.6 cm³/mol. The molecule has 90 valence electrons. The number of carbonyl (C=O) groups is 1. The Labute approximate surface area is 104 Å². The van der Waals surface area contributed by atoms with E-state index in [9.17, 15) is 4.79 Å². The van der Waals surface area contributed by atoms with Crippen LogP contribution in [0.1, 0.15) is 23.2 Å². The predicted octanol–water partition coefficient (Wildman–Crippen LogP) is 2.39. The minimum absolute atomic E-state index is 0.0627. The van der Waals surface area contributed by atoms with Crippen molar-refractivity contribution in [2.45, 2.75) is 6.92 Å². The van der Waals surface area contributed by atoms with E-state index in [-0.39, 0.29) is 24.0 Å². The van der Waals surface area contributed by atoms with E-state index in [4.69, 9.17) is 14.4 Å². The molecule has 5 heteroatoms. The van der Waals surface area contributed by atoms with Gasteiger partial charge in [-0.1, -0.05) is 18.2 Å². The summed E-state index contributed by atoms with van der Waals surface area (Å²) in [6.07, 6.45) is 0. The second-order valence-electron chi connectivity index (χ2n) is 3.40. The quantitative estimate of drug-likeness (QED) is 0.772. The summed E-state index contributed by atoms with van der Waals surface area (Å²) < 4.78 is 10.1. The van der Waals surface area contributed by atoms with E-state index in [0.29, 0.717) is 5.56 Å². The number of carbonyl (C=O) groups excluding carboxylic acids is 1. The molecule has 0 saturated heterocycles. The van der Waals surface area contributed by atoms with E-state index in [0.717, 1.165) is 0 Å². The smallest absolute Gasteiger partial charge is 0.377 e. The Bertz CT molecular complexity index is 596. The summed E-state index contributed by atoms with van der Waals surface area (Å²) >= 11 is 0. The van der Waals surface area contributed by atoms with Crippen molar-refractivity contribution in [3.8, 4) is 17.5 Å². The summed E-state index contributed by atoms with van der Waals surface area (Å²) in [6, 6.07) is 10.9. The van der Waals surface area contributed by atoms with Crippen LogP contribution < -0.4 is 0 Å². The largest absolute Gasteiger partial charge is 0.460 e. The van der Waals surface area contributed by atoms with Crippen LogP contribution in [0.5, 0.6) is 0 Å². The van der Waals surface area contributed by atoms with Gasteiger partial charge in [-0.2, -0.15) is 10.2 Å². The molecule has 2 aromatic rings. The summed E-state index contributed by atoms with van der Waals surface area (Å²) in [6.45, 7) is 1.89. The molecule has 0 bridgehead atoms. The first-order chi connectivity index (χ1) is 8.76. The number of hydrogen-bond acceptors (Lipinski definition) is 5. The molecular weight excluding hydrogens is 232 g/mol. The highest BCUT2D eigenvalue weighted by molar-refractivity contribution is 5.89.